The first-order valence-electron chi connectivity index (χ1n) is 6.51. The highest BCUT2D eigenvalue weighted by Gasteiger charge is 2.28. The number of hydrogen-bond donors (Lipinski definition) is 1. The molecular formula is C13H16F4N2. The number of nitrogens with one attached hydrogen (secondary N) is 1. The van der Waals surface area contributed by atoms with Crippen molar-refractivity contribution in [3.05, 3.63) is 23.5 Å². The summed E-state index contributed by atoms with van der Waals surface area (Å²) in [5, 5.41) is 2.63. The molecule has 19 heavy (non-hydrogen) atoms. The van der Waals surface area contributed by atoms with Gasteiger partial charge >= 0.3 is 0 Å². The van der Waals surface area contributed by atoms with Crippen LogP contribution in [0.15, 0.2) is 0 Å². The number of anilines is 1. The van der Waals surface area contributed by atoms with Crippen LogP contribution in [0.5, 0.6) is 0 Å². The fraction of sp³-hybridized carbons (Fsp3) is 0.615. The minimum Gasteiger partial charge on any atom is -0.377 e. The third-order valence-electron chi connectivity index (χ3n) is 3.76. The van der Waals surface area contributed by atoms with Crippen molar-refractivity contribution in [3.8, 4) is 0 Å². The Labute approximate surface area is 109 Å². The number of aromatic nitrogens is 1. The van der Waals surface area contributed by atoms with Gasteiger partial charge < -0.3 is 5.32 Å². The number of halogens is 4. The van der Waals surface area contributed by atoms with Crippen molar-refractivity contribution in [2.75, 3.05) is 5.32 Å². The van der Waals surface area contributed by atoms with Gasteiger partial charge in [0.1, 0.15) is 5.69 Å². The molecule has 0 aliphatic heterocycles. The molecule has 0 amide bonds. The van der Waals surface area contributed by atoms with E-state index in [4.69, 9.17) is 0 Å². The molecule has 106 valence electrons. The Morgan fingerprint density at radius 3 is 2.21 bits per heavy atom. The van der Waals surface area contributed by atoms with E-state index in [-0.39, 0.29) is 12.0 Å². The van der Waals surface area contributed by atoms with Crippen molar-refractivity contribution in [1.29, 1.82) is 0 Å². The van der Waals surface area contributed by atoms with Crippen LogP contribution in [0.25, 0.3) is 0 Å². The first kappa shape index (κ1) is 14.1. The third kappa shape index (κ3) is 2.82. The Morgan fingerprint density at radius 1 is 1.05 bits per heavy atom. The van der Waals surface area contributed by atoms with Crippen LogP contribution in [0.1, 0.15) is 39.0 Å². The van der Waals surface area contributed by atoms with Gasteiger partial charge in [-0.05, 0) is 18.8 Å². The molecule has 0 aromatic carbocycles. The van der Waals surface area contributed by atoms with Gasteiger partial charge in [0.25, 0.3) is 11.9 Å². The molecule has 0 bridgehead atoms. The van der Waals surface area contributed by atoms with Gasteiger partial charge in [0.05, 0.1) is 0 Å². The zero-order valence-corrected chi connectivity index (χ0v) is 10.6. The van der Waals surface area contributed by atoms with E-state index in [0.717, 1.165) is 32.1 Å². The minimum atomic E-state index is -1.62. The predicted molar refractivity (Wildman–Crippen MR) is 63.7 cm³/mol. The molecule has 1 aromatic rings. The zero-order valence-electron chi connectivity index (χ0n) is 10.6. The standard InChI is InChI=1S/C13H16F4N2/c1-2-7-5-3-4-6-8(7)18-11-9(14)12(16)19-13(17)10(11)15/h7-8H,2-6H2,1H3,(H,18,19). The second kappa shape index (κ2) is 5.75. The molecule has 0 saturated heterocycles. The molecule has 2 unspecified atom stereocenters. The quantitative estimate of drug-likeness (QED) is 0.666. The molecule has 2 rings (SSSR count). The van der Waals surface area contributed by atoms with Crippen LogP contribution < -0.4 is 5.32 Å². The first-order valence-corrected chi connectivity index (χ1v) is 6.51. The van der Waals surface area contributed by atoms with Crippen molar-refractivity contribution in [3.63, 3.8) is 0 Å². The number of hydrogen-bond acceptors (Lipinski definition) is 2. The molecule has 1 aliphatic rings. The average molecular weight is 276 g/mol. The van der Waals surface area contributed by atoms with Crippen molar-refractivity contribution in [2.24, 2.45) is 5.92 Å². The van der Waals surface area contributed by atoms with E-state index in [2.05, 4.69) is 10.3 Å². The highest BCUT2D eigenvalue weighted by Crippen LogP contribution is 2.31. The van der Waals surface area contributed by atoms with Crippen molar-refractivity contribution < 1.29 is 17.6 Å². The molecule has 2 atom stereocenters. The summed E-state index contributed by atoms with van der Waals surface area (Å²) in [4.78, 5) is 2.54. The number of rotatable bonds is 3. The summed E-state index contributed by atoms with van der Waals surface area (Å²) >= 11 is 0. The molecule has 0 spiro atoms. The summed E-state index contributed by atoms with van der Waals surface area (Å²) in [6.45, 7) is 1.99. The van der Waals surface area contributed by atoms with Crippen LogP contribution in [-0.4, -0.2) is 11.0 Å². The van der Waals surface area contributed by atoms with Crippen LogP contribution in [-0.2, 0) is 0 Å². The van der Waals surface area contributed by atoms with Crippen LogP contribution >= 0.6 is 0 Å². The summed E-state index contributed by atoms with van der Waals surface area (Å²) in [5.41, 5.74) is -0.740. The maximum Gasteiger partial charge on any atom is 0.253 e. The first-order chi connectivity index (χ1) is 9.04. The summed E-state index contributed by atoms with van der Waals surface area (Å²) < 4.78 is 53.1. The maximum atomic E-state index is 13.5. The molecule has 0 radical (unpaired) electrons. The van der Waals surface area contributed by atoms with Crippen LogP contribution in [0.4, 0.5) is 23.2 Å². The van der Waals surface area contributed by atoms with E-state index >= 15 is 0 Å². The molecule has 1 N–H and O–H groups in total. The normalized spacial score (nSPS) is 23.4. The van der Waals surface area contributed by atoms with E-state index in [0.29, 0.717) is 0 Å². The van der Waals surface area contributed by atoms with E-state index < -0.39 is 29.2 Å². The Hall–Kier alpha value is -1.33. The molecule has 1 aromatic heterocycles. The van der Waals surface area contributed by atoms with Crippen molar-refractivity contribution in [1.82, 2.24) is 4.98 Å². The van der Waals surface area contributed by atoms with Gasteiger partial charge in [-0.15, -0.1) is 0 Å². The third-order valence-corrected chi connectivity index (χ3v) is 3.76. The van der Waals surface area contributed by atoms with Crippen LogP contribution in [0.3, 0.4) is 0 Å². The highest BCUT2D eigenvalue weighted by atomic mass is 19.2. The van der Waals surface area contributed by atoms with Gasteiger partial charge in [-0.3, -0.25) is 0 Å². The van der Waals surface area contributed by atoms with Gasteiger partial charge in [-0.2, -0.15) is 22.5 Å². The van der Waals surface area contributed by atoms with Gasteiger partial charge in [0.15, 0.2) is 0 Å². The minimum absolute atomic E-state index is 0.163. The number of pyridine rings is 1. The van der Waals surface area contributed by atoms with Crippen molar-refractivity contribution >= 4 is 5.69 Å². The van der Waals surface area contributed by atoms with Gasteiger partial charge in [-0.1, -0.05) is 26.2 Å². The predicted octanol–water partition coefficient (Wildman–Crippen LogP) is 4.02. The lowest BCUT2D eigenvalue weighted by Gasteiger charge is -2.32. The molecule has 1 saturated carbocycles. The second-order valence-corrected chi connectivity index (χ2v) is 4.90. The van der Waals surface area contributed by atoms with Crippen LogP contribution in [0, 0.1) is 29.4 Å². The van der Waals surface area contributed by atoms with Crippen LogP contribution in [0.2, 0.25) is 0 Å². The fourth-order valence-corrected chi connectivity index (χ4v) is 2.69. The summed E-state index contributed by atoms with van der Waals surface area (Å²) in [6, 6.07) is -0.163. The molecular weight excluding hydrogens is 260 g/mol. The summed E-state index contributed by atoms with van der Waals surface area (Å²) in [5.74, 6) is -5.90. The smallest absolute Gasteiger partial charge is 0.253 e. The lowest BCUT2D eigenvalue weighted by Crippen LogP contribution is -2.33. The molecule has 1 heterocycles. The molecule has 2 nitrogen and oxygen atoms in total. The summed E-state index contributed by atoms with van der Waals surface area (Å²) in [7, 11) is 0. The SMILES string of the molecule is CCC1CCCCC1Nc1c(F)c(F)nc(F)c1F. The van der Waals surface area contributed by atoms with E-state index in [9.17, 15) is 17.6 Å². The Balaban J connectivity index is 2.27. The van der Waals surface area contributed by atoms with E-state index in [1.807, 2.05) is 6.92 Å². The zero-order chi connectivity index (χ0) is 14.0. The lowest BCUT2D eigenvalue weighted by atomic mass is 9.83. The topological polar surface area (TPSA) is 24.9 Å². The average Bonchev–Trinajstić information content (AvgIpc) is 2.42. The largest absolute Gasteiger partial charge is 0.377 e. The van der Waals surface area contributed by atoms with Gasteiger partial charge in [0.2, 0.25) is 11.6 Å². The Kier molecular flexibility index (Phi) is 4.27. The lowest BCUT2D eigenvalue weighted by molar-refractivity contribution is 0.314. The van der Waals surface area contributed by atoms with Gasteiger partial charge in [-0.25, -0.2) is 0 Å². The summed E-state index contributed by atoms with van der Waals surface area (Å²) in [6.07, 6.45) is 4.56. The monoisotopic (exact) mass is 276 g/mol. The maximum absolute atomic E-state index is 13.5. The van der Waals surface area contributed by atoms with Gasteiger partial charge in [0, 0.05) is 6.04 Å². The van der Waals surface area contributed by atoms with E-state index in [1.165, 1.54) is 0 Å². The molecule has 1 aliphatic carbocycles. The van der Waals surface area contributed by atoms with E-state index in [1.54, 1.807) is 0 Å². The fourth-order valence-electron chi connectivity index (χ4n) is 2.69. The Bertz CT molecular complexity index is 438. The molecule has 6 heteroatoms. The highest BCUT2D eigenvalue weighted by molar-refractivity contribution is 5.46. The van der Waals surface area contributed by atoms with Crippen molar-refractivity contribution in [2.45, 2.75) is 45.1 Å². The number of nitrogens with zero attached hydrogens (tertiary/aromatic N) is 1. The molecule has 1 fully saturated rings. The Morgan fingerprint density at radius 2 is 1.63 bits per heavy atom. The second-order valence-electron chi connectivity index (χ2n) is 4.90.